The van der Waals surface area contributed by atoms with Gasteiger partial charge in [-0.05, 0) is 25.0 Å². The van der Waals surface area contributed by atoms with Gasteiger partial charge in [-0.2, -0.15) is 0 Å². The van der Waals surface area contributed by atoms with Crippen LogP contribution in [0.3, 0.4) is 0 Å². The quantitative estimate of drug-likeness (QED) is 0.925. The van der Waals surface area contributed by atoms with Crippen molar-refractivity contribution in [3.05, 3.63) is 40.9 Å². The van der Waals surface area contributed by atoms with Gasteiger partial charge in [-0.3, -0.25) is 4.79 Å². The Labute approximate surface area is 146 Å². The third kappa shape index (κ3) is 3.30. The van der Waals surface area contributed by atoms with Crippen molar-refractivity contribution in [3.63, 3.8) is 0 Å². The number of para-hydroxylation sites is 1. The van der Waals surface area contributed by atoms with Gasteiger partial charge in [0.1, 0.15) is 5.82 Å². The van der Waals surface area contributed by atoms with Crippen molar-refractivity contribution in [1.82, 2.24) is 19.7 Å². The zero-order chi connectivity index (χ0) is 17.3. The van der Waals surface area contributed by atoms with E-state index >= 15 is 0 Å². The average molecular weight is 348 g/mol. The summed E-state index contributed by atoms with van der Waals surface area (Å²) < 4.78 is 1.67. The van der Waals surface area contributed by atoms with Gasteiger partial charge in [0.15, 0.2) is 0 Å². The standard InChI is InChI=1S/C17H22ClN5O/c1-11(2)16-20-15(17(24)22-9-5-6-12(19)10-22)21-23(16)14-8-4-3-7-13(14)18/h3-4,7-8,11-12H,5-6,9-10,19H2,1-2H3. The van der Waals surface area contributed by atoms with Gasteiger partial charge in [-0.15, -0.1) is 5.10 Å². The second-order valence-corrected chi connectivity index (χ2v) is 6.87. The van der Waals surface area contributed by atoms with E-state index in [0.29, 0.717) is 23.9 Å². The van der Waals surface area contributed by atoms with Crippen LogP contribution in [0.5, 0.6) is 0 Å². The number of halogens is 1. The summed E-state index contributed by atoms with van der Waals surface area (Å²) in [6, 6.07) is 7.44. The number of rotatable bonds is 3. The Kier molecular flexibility index (Phi) is 4.87. The Morgan fingerprint density at radius 3 is 2.79 bits per heavy atom. The van der Waals surface area contributed by atoms with Crippen molar-refractivity contribution >= 4 is 17.5 Å². The number of likely N-dealkylation sites (tertiary alicyclic amines) is 1. The third-order valence-electron chi connectivity index (χ3n) is 4.17. The lowest BCUT2D eigenvalue weighted by molar-refractivity contribution is 0.0696. The monoisotopic (exact) mass is 347 g/mol. The molecule has 0 bridgehead atoms. The summed E-state index contributed by atoms with van der Waals surface area (Å²) >= 11 is 6.29. The largest absolute Gasteiger partial charge is 0.334 e. The molecule has 24 heavy (non-hydrogen) atoms. The fourth-order valence-electron chi connectivity index (χ4n) is 2.93. The van der Waals surface area contributed by atoms with Crippen molar-refractivity contribution in [2.24, 2.45) is 5.73 Å². The Bertz CT molecular complexity index is 742. The molecule has 1 amide bonds. The lowest BCUT2D eigenvalue weighted by atomic mass is 10.1. The summed E-state index contributed by atoms with van der Waals surface area (Å²) in [4.78, 5) is 19.0. The zero-order valence-electron chi connectivity index (χ0n) is 13.9. The molecule has 7 heteroatoms. The summed E-state index contributed by atoms with van der Waals surface area (Å²) in [6.07, 6.45) is 1.86. The second-order valence-electron chi connectivity index (χ2n) is 6.47. The highest BCUT2D eigenvalue weighted by Crippen LogP contribution is 2.24. The minimum Gasteiger partial charge on any atom is -0.334 e. The number of hydrogen-bond acceptors (Lipinski definition) is 4. The first-order valence-electron chi connectivity index (χ1n) is 8.24. The smallest absolute Gasteiger partial charge is 0.293 e. The minimum absolute atomic E-state index is 0.0259. The molecule has 2 heterocycles. The molecule has 3 rings (SSSR count). The number of benzene rings is 1. The van der Waals surface area contributed by atoms with Crippen LogP contribution >= 0.6 is 11.6 Å². The van der Waals surface area contributed by atoms with Crippen LogP contribution in [0, 0.1) is 0 Å². The third-order valence-corrected chi connectivity index (χ3v) is 4.49. The van der Waals surface area contributed by atoms with Crippen molar-refractivity contribution in [3.8, 4) is 5.69 Å². The average Bonchev–Trinajstić information content (AvgIpc) is 3.00. The van der Waals surface area contributed by atoms with Crippen LogP contribution in [0.15, 0.2) is 24.3 Å². The molecule has 0 spiro atoms. The number of amides is 1. The van der Waals surface area contributed by atoms with E-state index in [2.05, 4.69) is 10.1 Å². The van der Waals surface area contributed by atoms with Gasteiger partial charge >= 0.3 is 0 Å². The number of aromatic nitrogens is 3. The molecule has 0 aliphatic carbocycles. The predicted molar refractivity (Wildman–Crippen MR) is 93.6 cm³/mol. The van der Waals surface area contributed by atoms with Gasteiger partial charge in [0.25, 0.3) is 5.91 Å². The normalized spacial score (nSPS) is 18.2. The van der Waals surface area contributed by atoms with Gasteiger partial charge in [0.05, 0.1) is 10.7 Å². The van der Waals surface area contributed by atoms with Crippen LogP contribution < -0.4 is 5.73 Å². The van der Waals surface area contributed by atoms with Crippen molar-refractivity contribution in [2.75, 3.05) is 13.1 Å². The van der Waals surface area contributed by atoms with E-state index in [1.807, 2.05) is 32.0 Å². The highest BCUT2D eigenvalue weighted by molar-refractivity contribution is 6.32. The van der Waals surface area contributed by atoms with Crippen LogP contribution in [0.2, 0.25) is 5.02 Å². The molecule has 128 valence electrons. The molecule has 1 aliphatic rings. The molecule has 1 saturated heterocycles. The number of carbonyl (C=O) groups excluding carboxylic acids is 1. The van der Waals surface area contributed by atoms with E-state index in [1.54, 1.807) is 15.6 Å². The van der Waals surface area contributed by atoms with Crippen molar-refractivity contribution in [1.29, 1.82) is 0 Å². The molecule has 1 aromatic carbocycles. The molecule has 1 aromatic heterocycles. The summed E-state index contributed by atoms with van der Waals surface area (Å²) in [6.45, 7) is 5.28. The zero-order valence-corrected chi connectivity index (χ0v) is 14.7. The first-order valence-corrected chi connectivity index (χ1v) is 8.62. The van der Waals surface area contributed by atoms with Gasteiger partial charge in [-0.25, -0.2) is 9.67 Å². The molecule has 1 fully saturated rings. The first kappa shape index (κ1) is 16.9. The number of piperidine rings is 1. The summed E-state index contributed by atoms with van der Waals surface area (Å²) in [5.74, 6) is 0.859. The lowest BCUT2D eigenvalue weighted by Crippen LogP contribution is -2.46. The lowest BCUT2D eigenvalue weighted by Gasteiger charge is -2.29. The second kappa shape index (κ2) is 6.91. The molecule has 1 atom stereocenters. The summed E-state index contributed by atoms with van der Waals surface area (Å²) in [5.41, 5.74) is 6.70. The van der Waals surface area contributed by atoms with E-state index < -0.39 is 0 Å². The number of nitrogens with zero attached hydrogens (tertiary/aromatic N) is 4. The molecule has 0 saturated carbocycles. The van der Waals surface area contributed by atoms with Gasteiger partial charge in [0, 0.05) is 25.0 Å². The van der Waals surface area contributed by atoms with Gasteiger partial charge in [0.2, 0.25) is 5.82 Å². The number of carbonyl (C=O) groups is 1. The predicted octanol–water partition coefficient (Wildman–Crippen LogP) is 2.61. The van der Waals surface area contributed by atoms with Crippen LogP contribution in [-0.2, 0) is 0 Å². The Balaban J connectivity index is 1.97. The number of nitrogens with two attached hydrogens (primary N) is 1. The van der Waals surface area contributed by atoms with E-state index in [4.69, 9.17) is 17.3 Å². The molecular formula is C17H22ClN5O. The first-order chi connectivity index (χ1) is 11.5. The Morgan fingerprint density at radius 2 is 2.12 bits per heavy atom. The fraction of sp³-hybridized carbons (Fsp3) is 0.471. The minimum atomic E-state index is -0.169. The highest BCUT2D eigenvalue weighted by atomic mass is 35.5. The van der Waals surface area contributed by atoms with Crippen molar-refractivity contribution in [2.45, 2.75) is 38.6 Å². The Morgan fingerprint density at radius 1 is 1.38 bits per heavy atom. The molecule has 0 radical (unpaired) electrons. The van der Waals surface area contributed by atoms with Crippen molar-refractivity contribution < 1.29 is 4.79 Å². The van der Waals surface area contributed by atoms with E-state index in [9.17, 15) is 4.79 Å². The highest BCUT2D eigenvalue weighted by Gasteiger charge is 2.27. The maximum Gasteiger partial charge on any atom is 0.293 e. The topological polar surface area (TPSA) is 77.0 Å². The molecule has 1 aliphatic heterocycles. The van der Waals surface area contributed by atoms with E-state index in [1.165, 1.54) is 0 Å². The van der Waals surface area contributed by atoms with Crippen LogP contribution in [0.1, 0.15) is 49.1 Å². The SMILES string of the molecule is CC(C)c1nc(C(=O)N2CCCC(N)C2)nn1-c1ccccc1Cl. The maximum atomic E-state index is 12.7. The Hall–Kier alpha value is -1.92. The molecule has 1 unspecified atom stereocenters. The summed E-state index contributed by atoms with van der Waals surface area (Å²) in [5, 5.41) is 5.02. The molecule has 2 aromatic rings. The van der Waals surface area contributed by atoms with Crippen LogP contribution in [-0.4, -0.2) is 44.7 Å². The summed E-state index contributed by atoms with van der Waals surface area (Å²) in [7, 11) is 0. The maximum absolute atomic E-state index is 12.7. The van der Waals surface area contributed by atoms with Crippen LogP contribution in [0.25, 0.3) is 5.69 Å². The van der Waals surface area contributed by atoms with E-state index in [-0.39, 0.29) is 23.7 Å². The number of hydrogen-bond donors (Lipinski definition) is 1. The van der Waals surface area contributed by atoms with E-state index in [0.717, 1.165) is 18.5 Å². The van der Waals surface area contributed by atoms with Gasteiger partial charge in [-0.1, -0.05) is 37.6 Å². The fourth-order valence-corrected chi connectivity index (χ4v) is 3.14. The molecular weight excluding hydrogens is 326 g/mol. The van der Waals surface area contributed by atoms with Gasteiger partial charge < -0.3 is 10.6 Å². The molecule has 6 nitrogen and oxygen atoms in total. The molecule has 2 N–H and O–H groups in total. The van der Waals surface area contributed by atoms with Crippen LogP contribution in [0.4, 0.5) is 0 Å².